The van der Waals surface area contributed by atoms with Gasteiger partial charge in [0, 0.05) is 20.2 Å². The van der Waals surface area contributed by atoms with Crippen molar-refractivity contribution in [2.45, 2.75) is 25.7 Å². The second-order valence-electron chi connectivity index (χ2n) is 5.41. The zero-order valence-electron chi connectivity index (χ0n) is 11.2. The molecule has 1 amide bonds. The number of hydrogen-bond donors (Lipinski definition) is 1. The van der Waals surface area contributed by atoms with Crippen LogP contribution in [-0.2, 0) is 9.53 Å². The summed E-state index contributed by atoms with van der Waals surface area (Å²) in [5.41, 5.74) is 0. The molecule has 0 aromatic heterocycles. The van der Waals surface area contributed by atoms with Gasteiger partial charge < -0.3 is 15.0 Å². The maximum absolute atomic E-state index is 11.7. The summed E-state index contributed by atoms with van der Waals surface area (Å²) in [6.45, 7) is 3.72. The Morgan fingerprint density at radius 1 is 1.28 bits per heavy atom. The van der Waals surface area contributed by atoms with Crippen LogP contribution >= 0.6 is 12.4 Å². The Bertz CT molecular complexity index is 255. The van der Waals surface area contributed by atoms with E-state index < -0.39 is 0 Å². The molecule has 0 spiro atoms. The van der Waals surface area contributed by atoms with Crippen molar-refractivity contribution in [1.82, 2.24) is 10.2 Å². The first-order valence-electron chi connectivity index (χ1n) is 6.78. The number of nitrogens with one attached hydrogen (secondary N) is 1. The Labute approximate surface area is 116 Å². The average Bonchev–Trinajstić information content (AvgIpc) is 3.16. The largest absolute Gasteiger partial charge is 0.379 e. The summed E-state index contributed by atoms with van der Waals surface area (Å²) < 4.78 is 5.52. The number of nitrogens with zero attached hydrogens (tertiary/aromatic N) is 1. The lowest BCUT2D eigenvalue weighted by molar-refractivity contribution is -0.129. The molecule has 0 unspecified atom stereocenters. The normalized spacial score (nSPS) is 18.3. The summed E-state index contributed by atoms with van der Waals surface area (Å²) in [6, 6.07) is 0. The Balaban J connectivity index is 0.00000162. The maximum Gasteiger partial charge on any atom is 0.236 e. The summed E-state index contributed by atoms with van der Waals surface area (Å²) in [6.07, 6.45) is 5.29. The third-order valence-corrected chi connectivity index (χ3v) is 3.45. The van der Waals surface area contributed by atoms with Gasteiger partial charge in [-0.1, -0.05) is 0 Å². The predicted octanol–water partition coefficient (Wildman–Crippen LogP) is 1.29. The third-order valence-electron chi connectivity index (χ3n) is 3.45. The number of carbonyl (C=O) groups is 1. The lowest BCUT2D eigenvalue weighted by Gasteiger charge is -2.17. The minimum atomic E-state index is 0. The predicted molar refractivity (Wildman–Crippen MR) is 74.0 cm³/mol. The van der Waals surface area contributed by atoms with Crippen LogP contribution in [0.5, 0.6) is 0 Å². The fourth-order valence-corrected chi connectivity index (χ4v) is 1.70. The Morgan fingerprint density at radius 2 is 1.94 bits per heavy atom. The lowest BCUT2D eigenvalue weighted by Crippen LogP contribution is -2.38. The lowest BCUT2D eigenvalue weighted by atomic mass is 10.4. The first-order chi connectivity index (χ1) is 8.25. The molecule has 2 aliphatic rings. The second-order valence-corrected chi connectivity index (χ2v) is 5.41. The number of carbonyl (C=O) groups excluding carboxylic acids is 1. The summed E-state index contributed by atoms with van der Waals surface area (Å²) in [5, 5.41) is 3.21. The highest BCUT2D eigenvalue weighted by molar-refractivity contribution is 5.85. The van der Waals surface area contributed by atoms with Crippen molar-refractivity contribution in [1.29, 1.82) is 0 Å². The monoisotopic (exact) mass is 276 g/mol. The molecule has 0 atom stereocenters. The molecule has 0 bridgehead atoms. The van der Waals surface area contributed by atoms with Crippen LogP contribution in [0, 0.1) is 11.8 Å². The SMILES string of the molecule is CN(CCOCC1CC1)C(=O)CNCC1CC1.Cl. The van der Waals surface area contributed by atoms with E-state index >= 15 is 0 Å². The fourth-order valence-electron chi connectivity index (χ4n) is 1.70. The molecule has 0 saturated heterocycles. The molecular weight excluding hydrogens is 252 g/mol. The highest BCUT2D eigenvalue weighted by atomic mass is 35.5. The van der Waals surface area contributed by atoms with E-state index in [4.69, 9.17) is 4.74 Å². The van der Waals surface area contributed by atoms with E-state index in [-0.39, 0.29) is 18.3 Å². The molecular formula is C13H25ClN2O2. The van der Waals surface area contributed by atoms with Gasteiger partial charge in [-0.2, -0.15) is 0 Å². The number of amides is 1. The van der Waals surface area contributed by atoms with E-state index in [1.807, 2.05) is 7.05 Å². The quantitative estimate of drug-likeness (QED) is 0.646. The van der Waals surface area contributed by atoms with Gasteiger partial charge in [0.25, 0.3) is 0 Å². The topological polar surface area (TPSA) is 41.6 Å². The summed E-state index contributed by atoms with van der Waals surface area (Å²) in [7, 11) is 1.85. The minimum Gasteiger partial charge on any atom is -0.379 e. The van der Waals surface area contributed by atoms with Crippen LogP contribution in [0.4, 0.5) is 0 Å². The molecule has 0 aromatic carbocycles. The number of likely N-dealkylation sites (N-methyl/N-ethyl adjacent to an activating group) is 1. The molecule has 4 nitrogen and oxygen atoms in total. The van der Waals surface area contributed by atoms with Gasteiger partial charge in [0.15, 0.2) is 0 Å². The van der Waals surface area contributed by atoms with Crippen LogP contribution in [0.3, 0.4) is 0 Å². The molecule has 2 fully saturated rings. The molecule has 18 heavy (non-hydrogen) atoms. The smallest absolute Gasteiger partial charge is 0.236 e. The van der Waals surface area contributed by atoms with Gasteiger partial charge in [-0.3, -0.25) is 4.79 Å². The van der Waals surface area contributed by atoms with Crippen molar-refractivity contribution in [3.8, 4) is 0 Å². The minimum absolute atomic E-state index is 0. The number of rotatable bonds is 9. The summed E-state index contributed by atoms with van der Waals surface area (Å²) in [4.78, 5) is 13.4. The van der Waals surface area contributed by atoms with Gasteiger partial charge in [-0.15, -0.1) is 12.4 Å². The molecule has 2 rings (SSSR count). The van der Waals surface area contributed by atoms with Crippen LogP contribution in [-0.4, -0.2) is 50.7 Å². The van der Waals surface area contributed by atoms with Gasteiger partial charge in [-0.25, -0.2) is 0 Å². The molecule has 0 radical (unpaired) electrons. The number of hydrogen-bond acceptors (Lipinski definition) is 3. The Morgan fingerprint density at radius 3 is 2.56 bits per heavy atom. The van der Waals surface area contributed by atoms with Gasteiger partial charge in [-0.05, 0) is 44.1 Å². The average molecular weight is 277 g/mol. The van der Waals surface area contributed by atoms with Crippen LogP contribution < -0.4 is 5.32 Å². The van der Waals surface area contributed by atoms with Crippen molar-refractivity contribution >= 4 is 18.3 Å². The van der Waals surface area contributed by atoms with Crippen molar-refractivity contribution in [3.05, 3.63) is 0 Å². The van der Waals surface area contributed by atoms with E-state index in [0.29, 0.717) is 19.7 Å². The highest BCUT2D eigenvalue weighted by Crippen LogP contribution is 2.28. The molecule has 0 heterocycles. The molecule has 2 saturated carbocycles. The molecule has 106 valence electrons. The van der Waals surface area contributed by atoms with Gasteiger partial charge in [0.05, 0.1) is 13.2 Å². The van der Waals surface area contributed by atoms with Crippen molar-refractivity contribution in [2.75, 3.05) is 39.9 Å². The Kier molecular flexibility index (Phi) is 6.97. The van der Waals surface area contributed by atoms with Crippen LogP contribution in [0.1, 0.15) is 25.7 Å². The Hall–Kier alpha value is -0.320. The van der Waals surface area contributed by atoms with Crippen molar-refractivity contribution < 1.29 is 9.53 Å². The van der Waals surface area contributed by atoms with Gasteiger partial charge >= 0.3 is 0 Å². The summed E-state index contributed by atoms with van der Waals surface area (Å²) in [5.74, 6) is 1.80. The standard InChI is InChI=1S/C13H24N2O2.ClH/c1-15(6-7-17-10-12-4-5-12)13(16)9-14-8-11-2-3-11;/h11-12,14H,2-10H2,1H3;1H. The molecule has 0 aliphatic heterocycles. The molecule has 5 heteroatoms. The fraction of sp³-hybridized carbons (Fsp3) is 0.923. The highest BCUT2D eigenvalue weighted by Gasteiger charge is 2.22. The number of halogens is 1. The number of ether oxygens (including phenoxy) is 1. The van der Waals surface area contributed by atoms with Gasteiger partial charge in [0.1, 0.15) is 0 Å². The zero-order chi connectivity index (χ0) is 12.1. The molecule has 2 aliphatic carbocycles. The zero-order valence-corrected chi connectivity index (χ0v) is 12.0. The van der Waals surface area contributed by atoms with Crippen molar-refractivity contribution in [3.63, 3.8) is 0 Å². The van der Waals surface area contributed by atoms with Crippen LogP contribution in [0.25, 0.3) is 0 Å². The summed E-state index contributed by atoms with van der Waals surface area (Å²) >= 11 is 0. The van der Waals surface area contributed by atoms with Crippen LogP contribution in [0.15, 0.2) is 0 Å². The van der Waals surface area contributed by atoms with E-state index in [0.717, 1.165) is 25.0 Å². The van der Waals surface area contributed by atoms with Gasteiger partial charge in [0.2, 0.25) is 5.91 Å². The van der Waals surface area contributed by atoms with E-state index in [1.54, 1.807) is 4.90 Å². The van der Waals surface area contributed by atoms with E-state index in [1.165, 1.54) is 25.7 Å². The van der Waals surface area contributed by atoms with E-state index in [9.17, 15) is 4.79 Å². The van der Waals surface area contributed by atoms with E-state index in [2.05, 4.69) is 5.32 Å². The maximum atomic E-state index is 11.7. The first kappa shape index (κ1) is 15.7. The molecule has 1 N–H and O–H groups in total. The van der Waals surface area contributed by atoms with Crippen LogP contribution in [0.2, 0.25) is 0 Å². The third kappa shape index (κ3) is 6.57. The first-order valence-corrected chi connectivity index (χ1v) is 6.78. The van der Waals surface area contributed by atoms with Crippen molar-refractivity contribution in [2.24, 2.45) is 11.8 Å². The molecule has 0 aromatic rings. The second kappa shape index (κ2) is 7.97.